The highest BCUT2D eigenvalue weighted by Gasteiger charge is 2.09. The first kappa shape index (κ1) is 12.6. The van der Waals surface area contributed by atoms with Crippen LogP contribution in [0.2, 0.25) is 0 Å². The number of carbonyl (C=O) groups excluding carboxylic acids is 1. The quantitative estimate of drug-likeness (QED) is 0.586. The lowest BCUT2D eigenvalue weighted by molar-refractivity contribution is 0.102. The third-order valence-corrected chi connectivity index (χ3v) is 3.67. The molecule has 0 spiro atoms. The molecular formula is C18H13N3O. The average molecular weight is 287 g/mol. The Morgan fingerprint density at radius 3 is 2.55 bits per heavy atom. The lowest BCUT2D eigenvalue weighted by Gasteiger charge is -2.04. The number of pyridine rings is 1. The molecule has 2 aromatic heterocycles. The number of aromatic amines is 1. The number of para-hydroxylation sites is 1. The predicted octanol–water partition coefficient (Wildman–Crippen LogP) is 3.97. The van der Waals surface area contributed by atoms with Crippen molar-refractivity contribution in [1.82, 2.24) is 9.97 Å². The lowest BCUT2D eigenvalue weighted by Crippen LogP contribution is -2.12. The van der Waals surface area contributed by atoms with Crippen LogP contribution < -0.4 is 5.32 Å². The number of fused-ring (bicyclic) bond motifs is 3. The van der Waals surface area contributed by atoms with Gasteiger partial charge in [-0.05, 0) is 24.3 Å². The van der Waals surface area contributed by atoms with Gasteiger partial charge in [0.2, 0.25) is 0 Å². The lowest BCUT2D eigenvalue weighted by atomic mass is 10.2. The monoisotopic (exact) mass is 287 g/mol. The van der Waals surface area contributed by atoms with Gasteiger partial charge in [0.05, 0.1) is 11.7 Å². The Morgan fingerprint density at radius 1 is 0.909 bits per heavy atom. The summed E-state index contributed by atoms with van der Waals surface area (Å²) >= 11 is 0. The fourth-order valence-electron chi connectivity index (χ4n) is 2.60. The molecule has 106 valence electrons. The summed E-state index contributed by atoms with van der Waals surface area (Å²) < 4.78 is 0. The van der Waals surface area contributed by atoms with Crippen molar-refractivity contribution < 1.29 is 4.79 Å². The van der Waals surface area contributed by atoms with Gasteiger partial charge in [-0.2, -0.15) is 0 Å². The van der Waals surface area contributed by atoms with Crippen LogP contribution >= 0.6 is 0 Å². The van der Waals surface area contributed by atoms with Crippen LogP contribution in [0.3, 0.4) is 0 Å². The van der Waals surface area contributed by atoms with Gasteiger partial charge in [-0.25, -0.2) is 4.98 Å². The smallest absolute Gasteiger partial charge is 0.256 e. The first-order valence-corrected chi connectivity index (χ1v) is 7.04. The zero-order valence-electron chi connectivity index (χ0n) is 11.7. The van der Waals surface area contributed by atoms with Crippen molar-refractivity contribution in [2.75, 3.05) is 5.32 Å². The molecule has 0 saturated carbocycles. The highest BCUT2D eigenvalue weighted by Crippen LogP contribution is 2.26. The third-order valence-electron chi connectivity index (χ3n) is 3.67. The second-order valence-electron chi connectivity index (χ2n) is 5.11. The van der Waals surface area contributed by atoms with E-state index in [-0.39, 0.29) is 5.91 Å². The summed E-state index contributed by atoms with van der Waals surface area (Å²) in [5, 5.41) is 5.01. The Bertz CT molecular complexity index is 973. The van der Waals surface area contributed by atoms with E-state index in [1.807, 2.05) is 42.5 Å². The van der Waals surface area contributed by atoms with E-state index in [9.17, 15) is 4.79 Å². The molecule has 0 unspecified atom stereocenters. The fourth-order valence-corrected chi connectivity index (χ4v) is 2.60. The molecule has 0 aliphatic heterocycles. The van der Waals surface area contributed by atoms with Crippen LogP contribution in [0.1, 0.15) is 10.4 Å². The van der Waals surface area contributed by atoms with Gasteiger partial charge in [0, 0.05) is 21.9 Å². The van der Waals surface area contributed by atoms with Crippen LogP contribution in [-0.4, -0.2) is 15.9 Å². The summed E-state index contributed by atoms with van der Waals surface area (Å²) in [6, 6.07) is 19.1. The summed E-state index contributed by atoms with van der Waals surface area (Å²) in [6.45, 7) is 0. The van der Waals surface area contributed by atoms with Crippen LogP contribution in [0.4, 0.5) is 5.82 Å². The van der Waals surface area contributed by atoms with Crippen LogP contribution in [0.15, 0.2) is 66.9 Å². The molecule has 0 atom stereocenters. The van der Waals surface area contributed by atoms with E-state index in [4.69, 9.17) is 0 Å². The Kier molecular flexibility index (Phi) is 2.86. The molecule has 4 rings (SSSR count). The highest BCUT2D eigenvalue weighted by molar-refractivity contribution is 6.09. The largest absolute Gasteiger partial charge is 0.353 e. The summed E-state index contributed by atoms with van der Waals surface area (Å²) in [5.41, 5.74) is 2.63. The number of benzene rings is 2. The summed E-state index contributed by atoms with van der Waals surface area (Å²) in [5.74, 6) is 0.387. The summed E-state index contributed by atoms with van der Waals surface area (Å²) in [6.07, 6.45) is 1.75. The maximum atomic E-state index is 12.2. The number of amides is 1. The van der Waals surface area contributed by atoms with Crippen LogP contribution in [0, 0.1) is 0 Å². The Morgan fingerprint density at radius 2 is 1.68 bits per heavy atom. The zero-order chi connectivity index (χ0) is 14.9. The highest BCUT2D eigenvalue weighted by atomic mass is 16.1. The van der Waals surface area contributed by atoms with Crippen LogP contribution in [-0.2, 0) is 0 Å². The van der Waals surface area contributed by atoms with Gasteiger partial charge >= 0.3 is 0 Å². The van der Waals surface area contributed by atoms with Gasteiger partial charge < -0.3 is 10.3 Å². The second-order valence-corrected chi connectivity index (χ2v) is 5.11. The molecule has 0 aliphatic rings. The average Bonchev–Trinajstić information content (AvgIpc) is 2.94. The Balaban J connectivity index is 1.73. The molecule has 0 fully saturated rings. The second kappa shape index (κ2) is 5.00. The standard InChI is InChI=1S/C18H13N3O/c22-18(12-6-2-1-3-7-12)21-17-10-14-13-8-4-5-9-15(13)20-16(14)11-19-17/h1-11,20H,(H,19,21,22). The predicted molar refractivity (Wildman–Crippen MR) is 88.0 cm³/mol. The van der Waals surface area contributed by atoms with Gasteiger partial charge in [-0.1, -0.05) is 36.4 Å². The zero-order valence-corrected chi connectivity index (χ0v) is 11.7. The van der Waals surface area contributed by atoms with Crippen molar-refractivity contribution in [3.8, 4) is 0 Å². The maximum absolute atomic E-state index is 12.2. The van der Waals surface area contributed by atoms with Crippen molar-refractivity contribution in [1.29, 1.82) is 0 Å². The van der Waals surface area contributed by atoms with E-state index >= 15 is 0 Å². The van der Waals surface area contributed by atoms with Crippen molar-refractivity contribution >= 4 is 33.5 Å². The number of hydrogen-bond donors (Lipinski definition) is 2. The van der Waals surface area contributed by atoms with Crippen molar-refractivity contribution in [3.05, 3.63) is 72.4 Å². The summed E-state index contributed by atoms with van der Waals surface area (Å²) in [7, 11) is 0. The molecule has 0 saturated heterocycles. The first-order chi connectivity index (χ1) is 10.8. The topological polar surface area (TPSA) is 57.8 Å². The molecule has 2 N–H and O–H groups in total. The number of H-pyrrole nitrogens is 1. The van der Waals surface area contributed by atoms with E-state index < -0.39 is 0 Å². The molecule has 22 heavy (non-hydrogen) atoms. The number of hydrogen-bond acceptors (Lipinski definition) is 2. The normalized spacial score (nSPS) is 10.9. The minimum atomic E-state index is -0.160. The SMILES string of the molecule is O=C(Nc1cc2c(cn1)[nH]c1ccccc12)c1ccccc1. The number of nitrogens with zero attached hydrogens (tertiary/aromatic N) is 1. The first-order valence-electron chi connectivity index (χ1n) is 7.04. The number of aromatic nitrogens is 2. The van der Waals surface area contributed by atoms with Gasteiger partial charge in [-0.3, -0.25) is 4.79 Å². The van der Waals surface area contributed by atoms with Gasteiger partial charge in [-0.15, -0.1) is 0 Å². The van der Waals surface area contributed by atoms with Crippen LogP contribution in [0.5, 0.6) is 0 Å². The molecule has 4 aromatic rings. The Labute approximate surface area is 126 Å². The third kappa shape index (κ3) is 2.11. The molecule has 4 heteroatoms. The Hall–Kier alpha value is -3.14. The molecule has 0 aliphatic carbocycles. The van der Waals surface area contributed by atoms with E-state index in [1.165, 1.54) is 0 Å². The van der Waals surface area contributed by atoms with Gasteiger partial charge in [0.15, 0.2) is 0 Å². The molecule has 0 bridgehead atoms. The van der Waals surface area contributed by atoms with Gasteiger partial charge in [0.1, 0.15) is 5.82 Å². The van der Waals surface area contributed by atoms with E-state index in [0.29, 0.717) is 11.4 Å². The molecule has 0 radical (unpaired) electrons. The van der Waals surface area contributed by atoms with Crippen molar-refractivity contribution in [3.63, 3.8) is 0 Å². The maximum Gasteiger partial charge on any atom is 0.256 e. The van der Waals surface area contributed by atoms with E-state index in [1.54, 1.807) is 18.3 Å². The molecule has 2 heterocycles. The molecule has 4 nitrogen and oxygen atoms in total. The number of carbonyl (C=O) groups is 1. The minimum Gasteiger partial charge on any atom is -0.353 e. The molecule has 1 amide bonds. The number of nitrogens with one attached hydrogen (secondary N) is 2. The molecule has 2 aromatic carbocycles. The minimum absolute atomic E-state index is 0.160. The summed E-state index contributed by atoms with van der Waals surface area (Å²) in [4.78, 5) is 19.8. The number of rotatable bonds is 2. The fraction of sp³-hybridized carbons (Fsp3) is 0. The van der Waals surface area contributed by atoms with Crippen LogP contribution in [0.25, 0.3) is 21.8 Å². The van der Waals surface area contributed by atoms with Gasteiger partial charge in [0.25, 0.3) is 5.91 Å². The van der Waals surface area contributed by atoms with Crippen molar-refractivity contribution in [2.45, 2.75) is 0 Å². The van der Waals surface area contributed by atoms with E-state index in [0.717, 1.165) is 21.8 Å². The number of anilines is 1. The molecular weight excluding hydrogens is 274 g/mol. The van der Waals surface area contributed by atoms with E-state index in [2.05, 4.69) is 21.4 Å². The van der Waals surface area contributed by atoms with Crippen molar-refractivity contribution in [2.24, 2.45) is 0 Å².